The number of para-hydroxylation sites is 1. The van der Waals surface area contributed by atoms with Crippen molar-refractivity contribution in [3.8, 4) is 0 Å². The van der Waals surface area contributed by atoms with Gasteiger partial charge in [-0.2, -0.15) is 0 Å². The Morgan fingerprint density at radius 2 is 2.33 bits per heavy atom. The van der Waals surface area contributed by atoms with E-state index in [2.05, 4.69) is 15.5 Å². The summed E-state index contributed by atoms with van der Waals surface area (Å²) in [6, 6.07) is 7.24. The van der Waals surface area contributed by atoms with Gasteiger partial charge in [0.1, 0.15) is 0 Å². The van der Waals surface area contributed by atoms with Crippen molar-refractivity contribution in [1.29, 1.82) is 0 Å². The predicted octanol–water partition coefficient (Wildman–Crippen LogP) is 1.59. The fourth-order valence-electron chi connectivity index (χ4n) is 2.24. The molecular weight excluding hydrogens is 290 g/mol. The van der Waals surface area contributed by atoms with Gasteiger partial charge in [-0.15, -0.1) is 0 Å². The zero-order valence-electron chi connectivity index (χ0n) is 12.3. The Morgan fingerprint density at radius 1 is 1.52 bits per heavy atom. The molecule has 6 heteroatoms. The summed E-state index contributed by atoms with van der Waals surface area (Å²) in [7, 11) is 2.00. The third-order valence-corrected chi connectivity index (χ3v) is 3.72. The lowest BCUT2D eigenvalue weighted by Gasteiger charge is -2.27. The summed E-state index contributed by atoms with van der Waals surface area (Å²) in [6.07, 6.45) is 0.636. The molecule has 0 aromatic heterocycles. The van der Waals surface area contributed by atoms with E-state index in [1.54, 1.807) is 12.1 Å². The number of halogens is 1. The smallest absolute Gasteiger partial charge is 0.225 e. The highest BCUT2D eigenvalue weighted by Gasteiger charge is 2.16. The first kappa shape index (κ1) is 16.2. The average molecular weight is 312 g/mol. The molecule has 1 aromatic carbocycles. The lowest BCUT2D eigenvalue weighted by Crippen LogP contribution is -2.44. The van der Waals surface area contributed by atoms with E-state index in [0.717, 1.165) is 26.2 Å². The standard InChI is InChI=1S/C15H22ClN3O2/c1-19(11-12-10-17-7-9-21-12)8-6-15(20)18-14-5-3-2-4-13(14)16/h2-5,12,17H,6-11H2,1H3,(H,18,20). The quantitative estimate of drug-likeness (QED) is 0.838. The first-order valence-electron chi connectivity index (χ1n) is 7.20. The summed E-state index contributed by atoms with van der Waals surface area (Å²) in [5, 5.41) is 6.68. The first-order chi connectivity index (χ1) is 10.1. The van der Waals surface area contributed by atoms with Gasteiger partial charge >= 0.3 is 0 Å². The molecule has 0 saturated carbocycles. The molecule has 1 unspecified atom stereocenters. The highest BCUT2D eigenvalue weighted by Crippen LogP contribution is 2.20. The maximum absolute atomic E-state index is 11.9. The first-order valence-corrected chi connectivity index (χ1v) is 7.58. The Bertz CT molecular complexity index is 464. The van der Waals surface area contributed by atoms with Crippen LogP contribution < -0.4 is 10.6 Å². The van der Waals surface area contributed by atoms with Crippen LogP contribution in [0.25, 0.3) is 0 Å². The average Bonchev–Trinajstić information content (AvgIpc) is 2.49. The largest absolute Gasteiger partial charge is 0.374 e. The van der Waals surface area contributed by atoms with Gasteiger partial charge in [0.15, 0.2) is 0 Å². The van der Waals surface area contributed by atoms with Gasteiger partial charge in [0, 0.05) is 32.6 Å². The molecule has 1 amide bonds. The fraction of sp³-hybridized carbons (Fsp3) is 0.533. The number of carbonyl (C=O) groups is 1. The summed E-state index contributed by atoms with van der Waals surface area (Å²) in [5.41, 5.74) is 0.659. The van der Waals surface area contributed by atoms with Crippen molar-refractivity contribution in [2.45, 2.75) is 12.5 Å². The molecule has 1 aromatic rings. The molecule has 1 heterocycles. The van der Waals surface area contributed by atoms with Crippen molar-refractivity contribution in [2.24, 2.45) is 0 Å². The number of rotatable bonds is 6. The number of benzene rings is 1. The van der Waals surface area contributed by atoms with E-state index in [4.69, 9.17) is 16.3 Å². The van der Waals surface area contributed by atoms with Crippen molar-refractivity contribution in [3.63, 3.8) is 0 Å². The zero-order valence-corrected chi connectivity index (χ0v) is 13.0. The molecular formula is C15H22ClN3O2. The molecule has 1 aliphatic heterocycles. The van der Waals surface area contributed by atoms with E-state index in [1.165, 1.54) is 0 Å². The number of nitrogens with zero attached hydrogens (tertiary/aromatic N) is 1. The van der Waals surface area contributed by atoms with E-state index >= 15 is 0 Å². The van der Waals surface area contributed by atoms with Crippen molar-refractivity contribution < 1.29 is 9.53 Å². The van der Waals surface area contributed by atoms with Gasteiger partial charge in [0.05, 0.1) is 23.4 Å². The third kappa shape index (κ3) is 5.63. The van der Waals surface area contributed by atoms with Crippen LogP contribution in [0.15, 0.2) is 24.3 Å². The minimum atomic E-state index is -0.0300. The number of likely N-dealkylation sites (N-methyl/N-ethyl adjacent to an activating group) is 1. The highest BCUT2D eigenvalue weighted by molar-refractivity contribution is 6.33. The highest BCUT2D eigenvalue weighted by atomic mass is 35.5. The van der Waals surface area contributed by atoms with Gasteiger partial charge in [0.25, 0.3) is 0 Å². The summed E-state index contributed by atoms with van der Waals surface area (Å²) in [6.45, 7) is 4.06. The molecule has 1 saturated heterocycles. The molecule has 0 bridgehead atoms. The van der Waals surface area contributed by atoms with Crippen molar-refractivity contribution in [3.05, 3.63) is 29.3 Å². The van der Waals surface area contributed by atoms with Crippen molar-refractivity contribution in [2.75, 3.05) is 45.2 Å². The van der Waals surface area contributed by atoms with Crippen LogP contribution in [0.1, 0.15) is 6.42 Å². The topological polar surface area (TPSA) is 53.6 Å². The van der Waals surface area contributed by atoms with Gasteiger partial charge in [-0.05, 0) is 19.2 Å². The summed E-state index contributed by atoms with van der Waals surface area (Å²) in [4.78, 5) is 14.0. The number of anilines is 1. The fourth-order valence-corrected chi connectivity index (χ4v) is 2.43. The van der Waals surface area contributed by atoms with Gasteiger partial charge in [-0.25, -0.2) is 0 Å². The molecule has 2 N–H and O–H groups in total. The molecule has 0 radical (unpaired) electrons. The monoisotopic (exact) mass is 311 g/mol. The van der Waals surface area contributed by atoms with Crippen molar-refractivity contribution >= 4 is 23.2 Å². The second-order valence-electron chi connectivity index (χ2n) is 5.24. The Balaban J connectivity index is 1.69. The molecule has 1 atom stereocenters. The second-order valence-corrected chi connectivity index (χ2v) is 5.64. The number of carbonyl (C=O) groups excluding carboxylic acids is 1. The van der Waals surface area contributed by atoms with E-state index in [-0.39, 0.29) is 12.0 Å². The molecule has 0 spiro atoms. The van der Waals surface area contributed by atoms with Crippen LogP contribution in [0.2, 0.25) is 5.02 Å². The minimum absolute atomic E-state index is 0.0300. The van der Waals surface area contributed by atoms with Crippen LogP contribution in [0, 0.1) is 0 Å². The van der Waals surface area contributed by atoms with Crippen LogP contribution in [-0.2, 0) is 9.53 Å². The van der Waals surface area contributed by atoms with Crippen LogP contribution in [0.4, 0.5) is 5.69 Å². The van der Waals surface area contributed by atoms with Crippen LogP contribution in [0.5, 0.6) is 0 Å². The second kappa shape index (κ2) is 8.34. The van der Waals surface area contributed by atoms with Crippen LogP contribution in [-0.4, -0.2) is 56.7 Å². The van der Waals surface area contributed by atoms with E-state index in [1.807, 2.05) is 19.2 Å². The van der Waals surface area contributed by atoms with Gasteiger partial charge < -0.3 is 20.3 Å². The number of nitrogens with one attached hydrogen (secondary N) is 2. The molecule has 1 fully saturated rings. The zero-order chi connectivity index (χ0) is 15.1. The summed E-state index contributed by atoms with van der Waals surface area (Å²) < 4.78 is 5.64. The maximum Gasteiger partial charge on any atom is 0.225 e. The molecule has 0 aliphatic carbocycles. The summed E-state index contributed by atoms with van der Waals surface area (Å²) >= 11 is 6.01. The lowest BCUT2D eigenvalue weighted by atomic mass is 10.2. The van der Waals surface area contributed by atoms with Gasteiger partial charge in [-0.3, -0.25) is 4.79 Å². The minimum Gasteiger partial charge on any atom is -0.374 e. The Morgan fingerprint density at radius 3 is 3.05 bits per heavy atom. The Hall–Kier alpha value is -1.14. The van der Waals surface area contributed by atoms with E-state index in [9.17, 15) is 4.79 Å². The number of ether oxygens (including phenoxy) is 1. The molecule has 2 rings (SSSR count). The number of hydrogen-bond donors (Lipinski definition) is 2. The predicted molar refractivity (Wildman–Crippen MR) is 84.8 cm³/mol. The third-order valence-electron chi connectivity index (χ3n) is 3.39. The Kier molecular flexibility index (Phi) is 6.45. The lowest BCUT2D eigenvalue weighted by molar-refractivity contribution is -0.116. The molecule has 21 heavy (non-hydrogen) atoms. The SMILES string of the molecule is CN(CCC(=O)Nc1ccccc1Cl)CC1CNCCO1. The number of amides is 1. The van der Waals surface area contributed by atoms with E-state index in [0.29, 0.717) is 23.7 Å². The van der Waals surface area contributed by atoms with Crippen molar-refractivity contribution in [1.82, 2.24) is 10.2 Å². The Labute approximate surface area is 130 Å². The maximum atomic E-state index is 11.9. The number of morpholine rings is 1. The van der Waals surface area contributed by atoms with E-state index < -0.39 is 0 Å². The normalized spacial score (nSPS) is 18.7. The molecule has 5 nitrogen and oxygen atoms in total. The van der Waals surface area contributed by atoms with Crippen LogP contribution in [0.3, 0.4) is 0 Å². The summed E-state index contributed by atoms with van der Waals surface area (Å²) in [5.74, 6) is -0.0300. The molecule has 1 aliphatic rings. The van der Waals surface area contributed by atoms with Crippen LogP contribution >= 0.6 is 11.6 Å². The molecule has 116 valence electrons. The van der Waals surface area contributed by atoms with Gasteiger partial charge in [-0.1, -0.05) is 23.7 Å². The number of hydrogen-bond acceptors (Lipinski definition) is 4. The van der Waals surface area contributed by atoms with Gasteiger partial charge in [0.2, 0.25) is 5.91 Å².